The summed E-state index contributed by atoms with van der Waals surface area (Å²) in [5, 5.41) is 0. The molecule has 4 heteroatoms. The van der Waals surface area contributed by atoms with E-state index < -0.39 is 0 Å². The number of benzene rings is 1. The highest BCUT2D eigenvalue weighted by Gasteiger charge is 2.17. The summed E-state index contributed by atoms with van der Waals surface area (Å²) in [6, 6.07) is 11.8. The predicted molar refractivity (Wildman–Crippen MR) is 69.1 cm³/mol. The number of esters is 1. The van der Waals surface area contributed by atoms with Crippen LogP contribution in [0.4, 0.5) is 0 Å². The van der Waals surface area contributed by atoms with Crippen LogP contribution in [0.2, 0.25) is 0 Å². The monoisotopic (exact) mass is 369 g/mol. The van der Waals surface area contributed by atoms with Gasteiger partial charge in [0.1, 0.15) is 12.1 Å². The Morgan fingerprint density at radius 3 is 2.47 bits per heavy atom. The van der Waals surface area contributed by atoms with E-state index in [1.165, 1.54) is 7.11 Å². The van der Waals surface area contributed by atoms with Crippen LogP contribution in [0.1, 0.15) is 17.3 Å². The average Bonchev–Trinajstić information content (AvgIpc) is 2.46. The van der Waals surface area contributed by atoms with Crippen molar-refractivity contribution >= 4 is 5.97 Å². The van der Waals surface area contributed by atoms with Gasteiger partial charge < -0.3 is 28.7 Å². The minimum atomic E-state index is -0.309. The largest absolute Gasteiger partial charge is 1.00 e. The third-order valence-electron chi connectivity index (χ3n) is 2.87. The van der Waals surface area contributed by atoms with Crippen LogP contribution in [0.15, 0.2) is 48.8 Å². The summed E-state index contributed by atoms with van der Waals surface area (Å²) in [5.74, 6) is -0.309. The smallest absolute Gasteiger partial charge is 0.344 e. The first-order valence-electron chi connectivity index (χ1n) is 5.93. The van der Waals surface area contributed by atoms with Crippen molar-refractivity contribution in [3.8, 4) is 11.1 Å². The SMILES string of the molecule is CC[n+]1ccc(-c2ccccc2)c(C(=O)OC)c1.[I-]. The number of aromatic nitrogens is 1. The maximum atomic E-state index is 11.8. The molecular weight excluding hydrogens is 353 g/mol. The normalized spacial score (nSPS) is 9.58. The van der Waals surface area contributed by atoms with E-state index in [2.05, 4.69) is 0 Å². The molecule has 0 unspecified atom stereocenters. The fraction of sp³-hybridized carbons (Fsp3) is 0.200. The maximum absolute atomic E-state index is 11.8. The molecule has 0 atom stereocenters. The Morgan fingerprint density at radius 2 is 1.89 bits per heavy atom. The molecule has 0 N–H and O–H groups in total. The molecule has 0 amide bonds. The van der Waals surface area contributed by atoms with Gasteiger partial charge in [0, 0.05) is 11.6 Å². The Balaban J connectivity index is 0.00000180. The number of carbonyl (C=O) groups is 1. The van der Waals surface area contributed by atoms with Gasteiger partial charge >= 0.3 is 5.97 Å². The van der Waals surface area contributed by atoms with E-state index >= 15 is 0 Å². The number of nitrogens with zero attached hydrogens (tertiary/aromatic N) is 1. The van der Waals surface area contributed by atoms with Crippen LogP contribution in [0.5, 0.6) is 0 Å². The van der Waals surface area contributed by atoms with E-state index in [4.69, 9.17) is 4.74 Å². The zero-order chi connectivity index (χ0) is 13.0. The molecule has 0 saturated carbocycles. The third-order valence-corrected chi connectivity index (χ3v) is 2.87. The molecule has 1 aromatic heterocycles. The molecule has 1 heterocycles. The Hall–Kier alpha value is -1.43. The second kappa shape index (κ2) is 7.23. The van der Waals surface area contributed by atoms with Crippen molar-refractivity contribution in [3.63, 3.8) is 0 Å². The van der Waals surface area contributed by atoms with Crippen molar-refractivity contribution in [2.24, 2.45) is 0 Å². The Bertz CT molecular complexity index is 555. The molecule has 0 aliphatic carbocycles. The van der Waals surface area contributed by atoms with E-state index in [-0.39, 0.29) is 29.9 Å². The van der Waals surface area contributed by atoms with Gasteiger partial charge in [0.05, 0.1) is 7.11 Å². The lowest BCUT2D eigenvalue weighted by Crippen LogP contribution is -3.00. The number of pyridine rings is 1. The second-order valence-electron chi connectivity index (χ2n) is 3.96. The fourth-order valence-electron chi connectivity index (χ4n) is 1.88. The Morgan fingerprint density at radius 1 is 1.21 bits per heavy atom. The van der Waals surface area contributed by atoms with Gasteiger partial charge in [-0.25, -0.2) is 9.36 Å². The van der Waals surface area contributed by atoms with E-state index in [0.29, 0.717) is 5.56 Å². The van der Waals surface area contributed by atoms with E-state index in [1.807, 2.05) is 60.3 Å². The molecule has 2 rings (SSSR count). The van der Waals surface area contributed by atoms with Crippen molar-refractivity contribution in [2.75, 3.05) is 7.11 Å². The molecule has 3 nitrogen and oxygen atoms in total. The van der Waals surface area contributed by atoms with Crippen LogP contribution in [-0.4, -0.2) is 13.1 Å². The molecule has 100 valence electrons. The van der Waals surface area contributed by atoms with Gasteiger partial charge in [0.25, 0.3) is 0 Å². The highest BCUT2D eigenvalue weighted by molar-refractivity contribution is 5.96. The van der Waals surface area contributed by atoms with Gasteiger partial charge in [0.2, 0.25) is 0 Å². The zero-order valence-electron chi connectivity index (χ0n) is 11.0. The Labute approximate surface area is 130 Å². The number of hydrogen-bond donors (Lipinski definition) is 0. The predicted octanol–water partition coefficient (Wildman–Crippen LogP) is -0.548. The van der Waals surface area contributed by atoms with Crippen molar-refractivity contribution in [1.29, 1.82) is 0 Å². The lowest BCUT2D eigenvalue weighted by atomic mass is 10.0. The average molecular weight is 369 g/mol. The van der Waals surface area contributed by atoms with Gasteiger partial charge in [-0.15, -0.1) is 0 Å². The number of aryl methyl sites for hydroxylation is 1. The summed E-state index contributed by atoms with van der Waals surface area (Å²) < 4.78 is 6.80. The highest BCUT2D eigenvalue weighted by atomic mass is 127. The third kappa shape index (κ3) is 3.53. The van der Waals surface area contributed by atoms with Crippen LogP contribution in [0.3, 0.4) is 0 Å². The fourth-order valence-corrected chi connectivity index (χ4v) is 1.88. The molecule has 0 bridgehead atoms. The van der Waals surface area contributed by atoms with Gasteiger partial charge in [-0.05, 0) is 12.5 Å². The molecule has 0 saturated heterocycles. The molecule has 0 aliphatic rings. The number of hydrogen-bond acceptors (Lipinski definition) is 2. The summed E-state index contributed by atoms with van der Waals surface area (Å²) in [6.07, 6.45) is 3.79. The minimum Gasteiger partial charge on any atom is -1.00 e. The van der Waals surface area contributed by atoms with Gasteiger partial charge in [0.15, 0.2) is 12.4 Å². The lowest BCUT2D eigenvalue weighted by molar-refractivity contribution is -0.693. The minimum absolute atomic E-state index is 0. The van der Waals surface area contributed by atoms with Crippen LogP contribution in [0, 0.1) is 0 Å². The Kier molecular flexibility index (Phi) is 5.95. The highest BCUT2D eigenvalue weighted by Crippen LogP contribution is 2.22. The van der Waals surface area contributed by atoms with Crippen molar-refractivity contribution in [1.82, 2.24) is 0 Å². The quantitative estimate of drug-likeness (QED) is 0.413. The number of carbonyl (C=O) groups excluding carboxylic acids is 1. The van der Waals surface area contributed by atoms with Crippen molar-refractivity contribution in [2.45, 2.75) is 13.5 Å². The molecule has 0 radical (unpaired) electrons. The molecule has 0 aliphatic heterocycles. The maximum Gasteiger partial charge on any atom is 0.344 e. The van der Waals surface area contributed by atoms with E-state index in [1.54, 1.807) is 0 Å². The number of ether oxygens (including phenoxy) is 1. The summed E-state index contributed by atoms with van der Waals surface area (Å²) in [7, 11) is 1.40. The summed E-state index contributed by atoms with van der Waals surface area (Å²) >= 11 is 0. The summed E-state index contributed by atoms with van der Waals surface area (Å²) in [6.45, 7) is 2.85. The van der Waals surface area contributed by atoms with Crippen molar-refractivity contribution in [3.05, 3.63) is 54.4 Å². The lowest BCUT2D eigenvalue weighted by Gasteiger charge is -2.06. The van der Waals surface area contributed by atoms with Gasteiger partial charge in [-0.3, -0.25) is 0 Å². The molecular formula is C15H16INO2. The van der Waals surface area contributed by atoms with Crippen molar-refractivity contribution < 1.29 is 38.1 Å². The number of methoxy groups -OCH3 is 1. The van der Waals surface area contributed by atoms with Gasteiger partial charge in [-0.2, -0.15) is 0 Å². The first-order valence-corrected chi connectivity index (χ1v) is 5.93. The molecule has 0 spiro atoms. The summed E-state index contributed by atoms with van der Waals surface area (Å²) in [5.41, 5.74) is 2.50. The molecule has 1 aromatic carbocycles. The molecule has 0 fully saturated rings. The van der Waals surface area contributed by atoms with Crippen LogP contribution >= 0.6 is 0 Å². The molecule has 2 aromatic rings. The number of halogens is 1. The van der Waals surface area contributed by atoms with Crippen LogP contribution < -0.4 is 28.5 Å². The topological polar surface area (TPSA) is 30.2 Å². The van der Waals surface area contributed by atoms with E-state index in [9.17, 15) is 4.79 Å². The van der Waals surface area contributed by atoms with Crippen LogP contribution in [0.25, 0.3) is 11.1 Å². The second-order valence-corrected chi connectivity index (χ2v) is 3.96. The first kappa shape index (κ1) is 15.6. The first-order chi connectivity index (χ1) is 8.76. The number of rotatable bonds is 3. The van der Waals surface area contributed by atoms with E-state index in [0.717, 1.165) is 17.7 Å². The summed E-state index contributed by atoms with van der Waals surface area (Å²) in [4.78, 5) is 11.8. The van der Waals surface area contributed by atoms with Crippen LogP contribution in [-0.2, 0) is 11.3 Å². The molecule has 19 heavy (non-hydrogen) atoms. The van der Waals surface area contributed by atoms with Gasteiger partial charge in [-0.1, -0.05) is 30.3 Å². The standard InChI is InChI=1S/C15H16NO2.HI/c1-3-16-10-9-13(12-7-5-4-6-8-12)14(11-16)15(17)18-2;/h4-11H,3H2,1-2H3;1H/q+1;/p-1. The zero-order valence-corrected chi connectivity index (χ0v) is 13.1.